The van der Waals surface area contributed by atoms with Crippen LogP contribution in [0.15, 0.2) is 59.8 Å². The van der Waals surface area contributed by atoms with E-state index in [-0.39, 0.29) is 30.3 Å². The molecule has 34 heavy (non-hydrogen) atoms. The van der Waals surface area contributed by atoms with Crippen LogP contribution in [0.4, 0.5) is 17.1 Å². The topological polar surface area (TPSA) is 119 Å². The number of thioether (sulfide) groups is 1. The molecule has 1 aliphatic rings. The Hall–Kier alpha value is -4.05. The van der Waals surface area contributed by atoms with Gasteiger partial charge in [-0.2, -0.15) is 0 Å². The maximum absolute atomic E-state index is 13.0. The van der Waals surface area contributed by atoms with Gasteiger partial charge in [-0.25, -0.2) is 4.98 Å². The number of nitrogens with one attached hydrogen (secondary N) is 3. The first-order valence-corrected chi connectivity index (χ1v) is 11.3. The van der Waals surface area contributed by atoms with Crippen LogP contribution in [-0.4, -0.2) is 35.3 Å². The highest BCUT2D eigenvalue weighted by Gasteiger charge is 2.17. The van der Waals surface area contributed by atoms with Crippen LogP contribution in [-0.2, 0) is 9.59 Å². The third-order valence-electron chi connectivity index (χ3n) is 4.90. The molecule has 0 aliphatic carbocycles. The van der Waals surface area contributed by atoms with Crippen molar-refractivity contribution in [2.75, 3.05) is 28.5 Å². The molecule has 0 unspecified atom stereocenters. The van der Waals surface area contributed by atoms with Crippen LogP contribution in [0.2, 0.25) is 0 Å². The number of anilines is 3. The Bertz CT molecular complexity index is 1260. The molecule has 0 bridgehead atoms. The summed E-state index contributed by atoms with van der Waals surface area (Å²) in [7, 11) is 0. The first-order chi connectivity index (χ1) is 16.4. The maximum Gasteiger partial charge on any atom is 0.258 e. The molecule has 10 heteroatoms. The number of hydrogen-bond acceptors (Lipinski definition) is 7. The number of carbonyl (C=O) groups is 3. The molecule has 1 aliphatic heterocycles. The van der Waals surface area contributed by atoms with Crippen molar-refractivity contribution >= 4 is 46.5 Å². The van der Waals surface area contributed by atoms with E-state index in [0.717, 1.165) is 17.3 Å². The molecule has 0 spiro atoms. The van der Waals surface area contributed by atoms with Crippen molar-refractivity contribution in [1.82, 2.24) is 4.98 Å². The third-order valence-corrected chi connectivity index (χ3v) is 5.91. The van der Waals surface area contributed by atoms with Crippen molar-refractivity contribution in [3.05, 3.63) is 65.9 Å². The minimum Gasteiger partial charge on any atom is -0.454 e. The molecule has 0 saturated heterocycles. The van der Waals surface area contributed by atoms with Gasteiger partial charge in [0.2, 0.25) is 18.6 Å². The molecule has 2 heterocycles. The summed E-state index contributed by atoms with van der Waals surface area (Å²) in [4.78, 5) is 41.1. The fourth-order valence-corrected chi connectivity index (χ4v) is 4.06. The lowest BCUT2D eigenvalue weighted by atomic mass is 10.1. The molecule has 0 radical (unpaired) electrons. The van der Waals surface area contributed by atoms with Gasteiger partial charge in [-0.3, -0.25) is 14.4 Å². The Morgan fingerprint density at radius 2 is 1.74 bits per heavy atom. The third kappa shape index (κ3) is 5.46. The SMILES string of the molecule is CC(=O)Nc1cccc(NC(=O)c2cccnc2SCC(=O)Nc2ccc3c(c2)OCO3)c1C. The number of ether oxygens (including phenoxy) is 2. The van der Waals surface area contributed by atoms with Crippen molar-refractivity contribution in [1.29, 1.82) is 0 Å². The van der Waals surface area contributed by atoms with Crippen molar-refractivity contribution in [3.63, 3.8) is 0 Å². The Kier molecular flexibility index (Phi) is 6.98. The van der Waals surface area contributed by atoms with Gasteiger partial charge in [0.05, 0.1) is 11.3 Å². The zero-order chi connectivity index (χ0) is 24.1. The van der Waals surface area contributed by atoms with E-state index in [1.165, 1.54) is 6.92 Å². The number of amides is 3. The van der Waals surface area contributed by atoms with Crippen molar-refractivity contribution in [2.45, 2.75) is 18.9 Å². The summed E-state index contributed by atoms with van der Waals surface area (Å²) in [6.07, 6.45) is 1.57. The number of pyridine rings is 1. The second-order valence-corrected chi connectivity index (χ2v) is 8.34. The van der Waals surface area contributed by atoms with Gasteiger partial charge in [0.25, 0.3) is 5.91 Å². The zero-order valence-corrected chi connectivity index (χ0v) is 19.3. The molecule has 9 nitrogen and oxygen atoms in total. The van der Waals surface area contributed by atoms with Gasteiger partial charge in [0.1, 0.15) is 5.03 Å². The van der Waals surface area contributed by atoms with Gasteiger partial charge in [0.15, 0.2) is 11.5 Å². The quantitative estimate of drug-likeness (QED) is 0.438. The average molecular weight is 479 g/mol. The molecule has 0 saturated carbocycles. The Balaban J connectivity index is 1.41. The smallest absolute Gasteiger partial charge is 0.258 e. The van der Waals surface area contributed by atoms with Gasteiger partial charge in [0, 0.05) is 36.2 Å². The van der Waals surface area contributed by atoms with E-state index >= 15 is 0 Å². The van der Waals surface area contributed by atoms with Gasteiger partial charge in [-0.1, -0.05) is 17.8 Å². The minimum atomic E-state index is -0.366. The van der Waals surface area contributed by atoms with E-state index in [4.69, 9.17) is 9.47 Å². The summed E-state index contributed by atoms with van der Waals surface area (Å²) >= 11 is 1.16. The standard InChI is InChI=1S/C24H22N4O5S/c1-14-18(26-15(2)29)6-3-7-19(14)28-23(31)17-5-4-10-25-24(17)34-12-22(30)27-16-8-9-20-21(11-16)33-13-32-20/h3-11H,12-13H2,1-2H3,(H,26,29)(H,27,30)(H,28,31). The molecule has 1 aromatic heterocycles. The Morgan fingerprint density at radius 3 is 2.53 bits per heavy atom. The van der Waals surface area contributed by atoms with E-state index < -0.39 is 0 Å². The van der Waals surface area contributed by atoms with Crippen LogP contribution in [0, 0.1) is 6.92 Å². The van der Waals surface area contributed by atoms with Crippen LogP contribution in [0.3, 0.4) is 0 Å². The zero-order valence-electron chi connectivity index (χ0n) is 18.5. The molecular formula is C24H22N4O5S. The molecule has 4 rings (SSSR count). The number of carbonyl (C=O) groups excluding carboxylic acids is 3. The Morgan fingerprint density at radius 1 is 0.971 bits per heavy atom. The summed E-state index contributed by atoms with van der Waals surface area (Å²) in [6.45, 7) is 3.39. The van der Waals surface area contributed by atoms with E-state index in [0.29, 0.717) is 39.2 Å². The molecule has 0 fully saturated rings. The van der Waals surface area contributed by atoms with Crippen LogP contribution >= 0.6 is 11.8 Å². The predicted molar refractivity (Wildman–Crippen MR) is 130 cm³/mol. The molecule has 3 N–H and O–H groups in total. The molecule has 2 aromatic carbocycles. The summed E-state index contributed by atoms with van der Waals surface area (Å²) in [5, 5.41) is 8.83. The number of fused-ring (bicyclic) bond motifs is 1. The number of benzene rings is 2. The highest BCUT2D eigenvalue weighted by molar-refractivity contribution is 8.00. The highest BCUT2D eigenvalue weighted by atomic mass is 32.2. The van der Waals surface area contributed by atoms with Crippen LogP contribution in [0.5, 0.6) is 11.5 Å². The normalized spacial score (nSPS) is 11.6. The van der Waals surface area contributed by atoms with E-state index in [1.807, 2.05) is 0 Å². The maximum atomic E-state index is 13.0. The van der Waals surface area contributed by atoms with Gasteiger partial charge < -0.3 is 25.4 Å². The van der Waals surface area contributed by atoms with Crippen LogP contribution in [0.25, 0.3) is 0 Å². The summed E-state index contributed by atoms with van der Waals surface area (Å²) in [6, 6.07) is 13.7. The molecule has 0 atom stereocenters. The lowest BCUT2D eigenvalue weighted by molar-refractivity contribution is -0.114. The number of rotatable bonds is 7. The predicted octanol–water partition coefficient (Wildman–Crippen LogP) is 4.06. The number of nitrogens with zero attached hydrogens (tertiary/aromatic N) is 1. The summed E-state index contributed by atoms with van der Waals surface area (Å²) < 4.78 is 10.6. The van der Waals surface area contributed by atoms with E-state index in [2.05, 4.69) is 20.9 Å². The second-order valence-electron chi connectivity index (χ2n) is 7.37. The lowest BCUT2D eigenvalue weighted by Crippen LogP contribution is -2.17. The number of hydrogen-bond donors (Lipinski definition) is 3. The fraction of sp³-hybridized carbons (Fsp3) is 0.167. The Labute approximate surface area is 200 Å². The van der Waals surface area contributed by atoms with Gasteiger partial charge >= 0.3 is 0 Å². The van der Waals surface area contributed by atoms with Crippen LogP contribution < -0.4 is 25.4 Å². The molecular weight excluding hydrogens is 456 g/mol. The highest BCUT2D eigenvalue weighted by Crippen LogP contribution is 2.34. The molecule has 3 amide bonds. The first kappa shape index (κ1) is 23.1. The summed E-state index contributed by atoms with van der Waals surface area (Å²) in [5.41, 5.74) is 2.84. The molecule has 3 aromatic rings. The average Bonchev–Trinajstić information content (AvgIpc) is 3.28. The van der Waals surface area contributed by atoms with Crippen molar-refractivity contribution < 1.29 is 23.9 Å². The van der Waals surface area contributed by atoms with Crippen molar-refractivity contribution in [3.8, 4) is 11.5 Å². The van der Waals surface area contributed by atoms with Gasteiger partial charge in [-0.15, -0.1) is 0 Å². The van der Waals surface area contributed by atoms with Crippen molar-refractivity contribution in [2.24, 2.45) is 0 Å². The lowest BCUT2D eigenvalue weighted by Gasteiger charge is -2.14. The molecule has 174 valence electrons. The van der Waals surface area contributed by atoms with Gasteiger partial charge in [-0.05, 0) is 48.9 Å². The first-order valence-electron chi connectivity index (χ1n) is 10.4. The number of aromatic nitrogens is 1. The fourth-order valence-electron chi connectivity index (χ4n) is 3.27. The largest absolute Gasteiger partial charge is 0.454 e. The van der Waals surface area contributed by atoms with Crippen LogP contribution in [0.1, 0.15) is 22.8 Å². The summed E-state index contributed by atoms with van der Waals surface area (Å²) in [5.74, 6) is 0.454. The monoisotopic (exact) mass is 478 g/mol. The van der Waals surface area contributed by atoms with E-state index in [9.17, 15) is 14.4 Å². The minimum absolute atomic E-state index is 0.0583. The van der Waals surface area contributed by atoms with E-state index in [1.54, 1.807) is 61.7 Å². The second kappa shape index (κ2) is 10.3.